The van der Waals surface area contributed by atoms with Crippen LogP contribution in [0.4, 0.5) is 10.1 Å². The second-order valence-electron chi connectivity index (χ2n) is 8.19. The van der Waals surface area contributed by atoms with Crippen molar-refractivity contribution in [3.05, 3.63) is 95.8 Å². The largest absolute Gasteiger partial charge is 0.489 e. The number of carbonyl (C=O) groups is 2. The predicted octanol–water partition coefficient (Wildman–Crippen LogP) is 4.91. The minimum atomic E-state index is -0.365. The fourth-order valence-corrected chi connectivity index (χ4v) is 4.14. The summed E-state index contributed by atoms with van der Waals surface area (Å²) < 4.78 is 19.3. The van der Waals surface area contributed by atoms with Crippen molar-refractivity contribution >= 4 is 17.5 Å². The molecule has 3 aromatic rings. The van der Waals surface area contributed by atoms with Gasteiger partial charge in [0.25, 0.3) is 0 Å². The van der Waals surface area contributed by atoms with Crippen LogP contribution in [0.3, 0.4) is 0 Å². The smallest absolute Gasteiger partial charge is 0.245 e. The molecule has 1 fully saturated rings. The number of nitrogens with zero attached hydrogens (tertiary/aromatic N) is 2. The Morgan fingerprint density at radius 2 is 1.68 bits per heavy atom. The first-order valence-electron chi connectivity index (χ1n) is 11.1. The lowest BCUT2D eigenvalue weighted by atomic mass is 9.79. The summed E-state index contributed by atoms with van der Waals surface area (Å²) in [4.78, 5) is 31.9. The highest BCUT2D eigenvalue weighted by Crippen LogP contribution is 2.45. The number of amides is 2. The lowest BCUT2D eigenvalue weighted by Crippen LogP contribution is -2.55. The highest BCUT2D eigenvalue weighted by molar-refractivity contribution is 6.03. The van der Waals surface area contributed by atoms with Crippen molar-refractivity contribution in [2.75, 3.05) is 19.1 Å². The van der Waals surface area contributed by atoms with Gasteiger partial charge in [-0.1, -0.05) is 42.5 Å². The minimum absolute atomic E-state index is 0.0890. The molecule has 0 aromatic heterocycles. The van der Waals surface area contributed by atoms with Crippen LogP contribution in [0.1, 0.15) is 30.0 Å². The number of halogens is 1. The van der Waals surface area contributed by atoms with Gasteiger partial charge in [0, 0.05) is 19.2 Å². The quantitative estimate of drug-likeness (QED) is 0.335. The molecule has 0 spiro atoms. The molecular weight excluding hydrogens is 435 g/mol. The number of β-lactam (4-membered cyclic amide) rings is 1. The molecule has 2 amide bonds. The summed E-state index contributed by atoms with van der Waals surface area (Å²) in [5, 5.41) is 1.16. The summed E-state index contributed by atoms with van der Waals surface area (Å²) in [7, 11) is 2.97. The van der Waals surface area contributed by atoms with Crippen molar-refractivity contribution in [2.45, 2.75) is 25.5 Å². The highest BCUT2D eigenvalue weighted by Gasteiger charge is 2.48. The number of rotatable bonds is 9. The molecule has 2 atom stereocenters. The zero-order chi connectivity index (χ0) is 24.1. The van der Waals surface area contributed by atoms with Crippen molar-refractivity contribution in [1.82, 2.24) is 5.06 Å². The fraction of sp³-hybridized carbons (Fsp3) is 0.259. The van der Waals surface area contributed by atoms with Crippen LogP contribution in [0.5, 0.6) is 5.75 Å². The zero-order valence-electron chi connectivity index (χ0n) is 19.2. The first-order chi connectivity index (χ1) is 16.5. The van der Waals surface area contributed by atoms with E-state index in [0.717, 1.165) is 21.9 Å². The molecule has 1 heterocycles. The Bertz CT molecular complexity index is 1120. The summed E-state index contributed by atoms with van der Waals surface area (Å²) in [6, 6.07) is 23.1. The van der Waals surface area contributed by atoms with Gasteiger partial charge in [-0.25, -0.2) is 9.45 Å². The van der Waals surface area contributed by atoms with Crippen LogP contribution in [0.2, 0.25) is 0 Å². The van der Waals surface area contributed by atoms with Gasteiger partial charge < -0.3 is 9.64 Å². The van der Waals surface area contributed by atoms with Crippen LogP contribution >= 0.6 is 0 Å². The Hall–Kier alpha value is -3.71. The van der Waals surface area contributed by atoms with Gasteiger partial charge in [0.15, 0.2) is 0 Å². The molecule has 6 nitrogen and oxygen atoms in total. The highest BCUT2D eigenvalue weighted by atomic mass is 19.1. The molecule has 0 bridgehead atoms. The molecule has 1 aliphatic heterocycles. The zero-order valence-corrected chi connectivity index (χ0v) is 19.2. The molecule has 1 aliphatic rings. The molecule has 0 saturated carbocycles. The summed E-state index contributed by atoms with van der Waals surface area (Å²) in [5.74, 6) is -0.291. The van der Waals surface area contributed by atoms with E-state index in [4.69, 9.17) is 9.57 Å². The predicted molar refractivity (Wildman–Crippen MR) is 126 cm³/mol. The standard InChI is InChI=1S/C27H27FN2O4/c1-29(33-2)25(31)17-16-24-26(30(27(24)32)22-12-10-21(28)11-13-22)20-8-14-23(15-9-20)34-18-19-6-4-3-5-7-19/h3-15,24,26H,16-18H2,1-2H3. The van der Waals surface area contributed by atoms with Crippen molar-refractivity contribution < 1.29 is 23.6 Å². The number of benzene rings is 3. The lowest BCUT2D eigenvalue weighted by molar-refractivity contribution is -0.169. The Morgan fingerprint density at radius 3 is 2.32 bits per heavy atom. The second-order valence-corrected chi connectivity index (χ2v) is 8.19. The number of carbonyl (C=O) groups excluding carboxylic acids is 2. The van der Waals surface area contributed by atoms with E-state index >= 15 is 0 Å². The van der Waals surface area contributed by atoms with Crippen LogP contribution in [0.25, 0.3) is 0 Å². The van der Waals surface area contributed by atoms with E-state index in [1.165, 1.54) is 19.2 Å². The summed E-state index contributed by atoms with van der Waals surface area (Å²) >= 11 is 0. The van der Waals surface area contributed by atoms with Gasteiger partial charge in [-0.05, 0) is 53.9 Å². The van der Waals surface area contributed by atoms with Crippen molar-refractivity contribution in [3.8, 4) is 5.75 Å². The van der Waals surface area contributed by atoms with Crippen molar-refractivity contribution in [2.24, 2.45) is 5.92 Å². The molecule has 176 valence electrons. The Balaban J connectivity index is 1.51. The number of anilines is 1. The normalized spacial score (nSPS) is 17.3. The first kappa shape index (κ1) is 23.4. The molecule has 0 N–H and O–H groups in total. The Morgan fingerprint density at radius 1 is 1.00 bits per heavy atom. The minimum Gasteiger partial charge on any atom is -0.489 e. The molecule has 0 radical (unpaired) electrons. The molecule has 0 aliphatic carbocycles. The van der Waals surface area contributed by atoms with Crippen molar-refractivity contribution in [1.29, 1.82) is 0 Å². The Labute approximate surface area is 198 Å². The third kappa shape index (κ3) is 5.10. The van der Waals surface area contributed by atoms with E-state index in [0.29, 0.717) is 18.7 Å². The van der Waals surface area contributed by atoms with E-state index < -0.39 is 0 Å². The lowest BCUT2D eigenvalue weighted by Gasteiger charge is -2.47. The fourth-order valence-electron chi connectivity index (χ4n) is 4.14. The van der Waals surface area contributed by atoms with Gasteiger partial charge in [0.05, 0.1) is 19.1 Å². The maximum Gasteiger partial charge on any atom is 0.245 e. The number of hydrogen-bond donors (Lipinski definition) is 0. The second kappa shape index (κ2) is 10.5. The molecule has 2 unspecified atom stereocenters. The van der Waals surface area contributed by atoms with E-state index in [9.17, 15) is 14.0 Å². The van der Waals surface area contributed by atoms with Gasteiger partial charge in [-0.2, -0.15) is 0 Å². The molecular formula is C27H27FN2O4. The third-order valence-electron chi connectivity index (χ3n) is 6.08. The number of hydrogen-bond acceptors (Lipinski definition) is 4. The monoisotopic (exact) mass is 462 g/mol. The third-order valence-corrected chi connectivity index (χ3v) is 6.08. The molecule has 1 saturated heterocycles. The van der Waals surface area contributed by atoms with Gasteiger partial charge >= 0.3 is 0 Å². The van der Waals surface area contributed by atoms with E-state index in [-0.39, 0.29) is 36.0 Å². The van der Waals surface area contributed by atoms with Crippen LogP contribution in [-0.4, -0.2) is 31.0 Å². The van der Waals surface area contributed by atoms with Crippen LogP contribution in [-0.2, 0) is 21.0 Å². The summed E-state index contributed by atoms with van der Waals surface area (Å²) in [5.41, 5.74) is 2.62. The van der Waals surface area contributed by atoms with E-state index in [1.54, 1.807) is 24.1 Å². The van der Waals surface area contributed by atoms with Crippen molar-refractivity contribution in [3.63, 3.8) is 0 Å². The van der Waals surface area contributed by atoms with Crippen LogP contribution < -0.4 is 9.64 Å². The van der Waals surface area contributed by atoms with Gasteiger partial charge in [-0.15, -0.1) is 0 Å². The van der Waals surface area contributed by atoms with E-state index in [1.807, 2.05) is 54.6 Å². The topological polar surface area (TPSA) is 59.1 Å². The van der Waals surface area contributed by atoms with Gasteiger partial charge in [-0.3, -0.25) is 14.4 Å². The Kier molecular flexibility index (Phi) is 7.23. The SMILES string of the molecule is CON(C)C(=O)CCC1C(=O)N(c2ccc(F)cc2)C1c1ccc(OCc2ccccc2)cc1. The first-order valence-corrected chi connectivity index (χ1v) is 11.1. The maximum absolute atomic E-state index is 13.5. The van der Waals surface area contributed by atoms with E-state index in [2.05, 4.69) is 0 Å². The summed E-state index contributed by atoms with van der Waals surface area (Å²) in [6.45, 7) is 0.460. The maximum atomic E-state index is 13.5. The molecule has 3 aromatic carbocycles. The van der Waals surface area contributed by atoms with Gasteiger partial charge in [0.2, 0.25) is 11.8 Å². The van der Waals surface area contributed by atoms with Crippen LogP contribution in [0, 0.1) is 11.7 Å². The number of hydroxylamine groups is 2. The van der Waals surface area contributed by atoms with Crippen LogP contribution in [0.15, 0.2) is 78.9 Å². The number of ether oxygens (including phenoxy) is 1. The van der Waals surface area contributed by atoms with Gasteiger partial charge in [0.1, 0.15) is 18.2 Å². The molecule has 7 heteroatoms. The molecule has 34 heavy (non-hydrogen) atoms. The average Bonchev–Trinajstić information content (AvgIpc) is 2.87. The molecule has 4 rings (SSSR count). The average molecular weight is 463 g/mol. The summed E-state index contributed by atoms with van der Waals surface area (Å²) in [6.07, 6.45) is 0.576.